The number of anilines is 1. The standard InChI is InChI=1S/C32H43ClN2O9/c1-17(2)30(37)42-23-15-26(36)35(5)21-13-20(14-22(39-6)27(21)33)12-18(3)10-9-11-25(40-7)32(41-8)16-24(43-31(38)34-32)19(4)28-29(23)44-28/h9-11,13-14,17,19,23-25,28-29H,12,15-16H2,1-8H3,(H,34,38)/b11-9+,18-10+/t19-,23+,24-,25-,28+,29-,32+/m1/s1. The number of rotatable bonds is 5. The molecule has 0 aromatic heterocycles. The van der Waals surface area contributed by atoms with E-state index in [1.807, 2.05) is 44.2 Å². The number of nitrogens with one attached hydrogen (secondary N) is 1. The van der Waals surface area contributed by atoms with Gasteiger partial charge in [0.05, 0.1) is 31.2 Å². The van der Waals surface area contributed by atoms with Gasteiger partial charge in [0.25, 0.3) is 0 Å². The predicted octanol–water partition coefficient (Wildman–Crippen LogP) is 4.59. The Morgan fingerprint density at radius 2 is 1.91 bits per heavy atom. The Bertz CT molecular complexity index is 1310. The Labute approximate surface area is 263 Å². The number of epoxide rings is 1. The molecule has 1 aromatic rings. The van der Waals surface area contributed by atoms with Crippen LogP contribution in [-0.4, -0.2) is 82.6 Å². The molecule has 1 N–H and O–H groups in total. The molecule has 12 heteroatoms. The van der Waals surface area contributed by atoms with Gasteiger partial charge in [0.1, 0.15) is 35.2 Å². The van der Waals surface area contributed by atoms with Crippen LogP contribution in [0.15, 0.2) is 35.9 Å². The second kappa shape index (κ2) is 13.9. The minimum Gasteiger partial charge on any atom is -0.495 e. The van der Waals surface area contributed by atoms with Crippen molar-refractivity contribution in [3.8, 4) is 5.75 Å². The maximum atomic E-state index is 13.7. The molecule has 1 aromatic carbocycles. The number of benzene rings is 1. The van der Waals surface area contributed by atoms with Crippen molar-refractivity contribution in [2.24, 2.45) is 11.8 Å². The summed E-state index contributed by atoms with van der Waals surface area (Å²) in [7, 11) is 6.20. The number of halogens is 1. The molecule has 7 atom stereocenters. The summed E-state index contributed by atoms with van der Waals surface area (Å²) in [6.07, 6.45) is 2.47. The van der Waals surface area contributed by atoms with Gasteiger partial charge in [-0.15, -0.1) is 0 Å². The van der Waals surface area contributed by atoms with Crippen LogP contribution in [-0.2, 0) is 39.7 Å². The fourth-order valence-corrected chi connectivity index (χ4v) is 6.06. The molecule has 3 aliphatic heterocycles. The van der Waals surface area contributed by atoms with E-state index in [9.17, 15) is 14.4 Å². The predicted molar refractivity (Wildman–Crippen MR) is 164 cm³/mol. The number of methoxy groups -OCH3 is 3. The summed E-state index contributed by atoms with van der Waals surface area (Å²) in [5.41, 5.74) is 1.13. The Morgan fingerprint density at radius 1 is 1.18 bits per heavy atom. The third-order valence-corrected chi connectivity index (χ3v) is 8.87. The maximum Gasteiger partial charge on any atom is 0.409 e. The summed E-state index contributed by atoms with van der Waals surface area (Å²) in [6, 6.07) is 3.68. The average molecular weight is 635 g/mol. The van der Waals surface area contributed by atoms with Gasteiger partial charge in [0.15, 0.2) is 5.72 Å². The van der Waals surface area contributed by atoms with Gasteiger partial charge >= 0.3 is 12.1 Å². The number of hydrogen-bond acceptors (Lipinski definition) is 9. The van der Waals surface area contributed by atoms with E-state index in [1.165, 1.54) is 19.1 Å². The van der Waals surface area contributed by atoms with Crippen LogP contribution in [0, 0.1) is 11.8 Å². The third kappa shape index (κ3) is 7.22. The summed E-state index contributed by atoms with van der Waals surface area (Å²) in [5, 5.41) is 3.10. The molecule has 0 spiro atoms. The molecule has 44 heavy (non-hydrogen) atoms. The van der Waals surface area contributed by atoms with Gasteiger partial charge in [-0.3, -0.25) is 14.9 Å². The molecule has 4 bridgehead atoms. The van der Waals surface area contributed by atoms with E-state index in [0.29, 0.717) is 22.9 Å². The fourth-order valence-electron chi connectivity index (χ4n) is 5.75. The van der Waals surface area contributed by atoms with Crippen molar-refractivity contribution in [2.75, 3.05) is 33.3 Å². The summed E-state index contributed by atoms with van der Waals surface area (Å²) in [4.78, 5) is 40.7. The van der Waals surface area contributed by atoms with E-state index in [-0.39, 0.29) is 24.7 Å². The lowest BCUT2D eigenvalue weighted by molar-refractivity contribution is -0.161. The fraction of sp³-hybridized carbons (Fsp3) is 0.594. The van der Waals surface area contributed by atoms with Crippen molar-refractivity contribution in [1.29, 1.82) is 0 Å². The zero-order chi connectivity index (χ0) is 32.3. The molecule has 2 fully saturated rings. The molecule has 242 valence electrons. The van der Waals surface area contributed by atoms with Crippen molar-refractivity contribution in [3.05, 3.63) is 46.5 Å². The molecule has 0 radical (unpaired) electrons. The van der Waals surface area contributed by atoms with Gasteiger partial charge in [-0.1, -0.05) is 56.2 Å². The molecule has 2 amide bonds. The quantitative estimate of drug-likeness (QED) is 0.366. The largest absolute Gasteiger partial charge is 0.495 e. The number of hydrogen-bond donors (Lipinski definition) is 1. The number of ether oxygens (including phenoxy) is 6. The smallest absolute Gasteiger partial charge is 0.409 e. The molecule has 0 unspecified atom stereocenters. The van der Waals surface area contributed by atoms with Crippen LogP contribution < -0.4 is 15.0 Å². The number of fused-ring (bicyclic) bond motifs is 5. The van der Waals surface area contributed by atoms with Crippen molar-refractivity contribution in [2.45, 2.75) is 83.2 Å². The summed E-state index contributed by atoms with van der Waals surface area (Å²) in [5.74, 6) is -1.07. The number of nitrogens with zero attached hydrogens (tertiary/aromatic N) is 1. The number of carbonyl (C=O) groups excluding carboxylic acids is 3. The highest BCUT2D eigenvalue weighted by atomic mass is 35.5. The number of allylic oxidation sites excluding steroid dienone is 3. The molecule has 0 aliphatic carbocycles. The first-order valence-corrected chi connectivity index (χ1v) is 15.1. The molecular formula is C32H43ClN2O9. The van der Waals surface area contributed by atoms with Gasteiger partial charge in [-0.25, -0.2) is 4.79 Å². The lowest BCUT2D eigenvalue weighted by Crippen LogP contribution is -2.64. The minimum absolute atomic E-state index is 0.145. The van der Waals surface area contributed by atoms with E-state index in [0.717, 1.165) is 11.1 Å². The monoisotopic (exact) mass is 634 g/mol. The van der Waals surface area contributed by atoms with Crippen LogP contribution in [0.5, 0.6) is 5.75 Å². The first-order valence-electron chi connectivity index (χ1n) is 14.7. The zero-order valence-corrected chi connectivity index (χ0v) is 27.3. The molecule has 11 nitrogen and oxygen atoms in total. The molecule has 3 heterocycles. The van der Waals surface area contributed by atoms with Crippen LogP contribution >= 0.6 is 11.6 Å². The van der Waals surface area contributed by atoms with Crippen LogP contribution in [0.25, 0.3) is 0 Å². The third-order valence-electron chi connectivity index (χ3n) is 8.49. The van der Waals surface area contributed by atoms with Crippen molar-refractivity contribution in [3.63, 3.8) is 0 Å². The van der Waals surface area contributed by atoms with E-state index in [2.05, 4.69) is 5.32 Å². The van der Waals surface area contributed by atoms with Crippen molar-refractivity contribution >= 4 is 35.3 Å². The normalized spacial score (nSPS) is 33.0. The first kappa shape index (κ1) is 33.8. The molecule has 4 rings (SSSR count). The first-order chi connectivity index (χ1) is 20.8. The van der Waals surface area contributed by atoms with Gasteiger partial charge < -0.3 is 33.3 Å². The van der Waals surface area contributed by atoms with Crippen LogP contribution in [0.4, 0.5) is 10.5 Å². The van der Waals surface area contributed by atoms with Gasteiger partial charge in [0, 0.05) is 33.6 Å². The van der Waals surface area contributed by atoms with Gasteiger partial charge in [-0.2, -0.15) is 0 Å². The number of carbonyl (C=O) groups is 3. The highest BCUT2D eigenvalue weighted by Crippen LogP contribution is 2.42. The maximum absolute atomic E-state index is 13.7. The number of amides is 2. The highest BCUT2D eigenvalue weighted by molar-refractivity contribution is 6.35. The Hall–Kier alpha value is -3.12. The van der Waals surface area contributed by atoms with E-state index in [1.54, 1.807) is 28.0 Å². The van der Waals surface area contributed by atoms with Gasteiger partial charge in [0.2, 0.25) is 5.91 Å². The number of esters is 1. The summed E-state index contributed by atoms with van der Waals surface area (Å²) in [6.45, 7) is 7.32. The SMILES string of the molecule is COc1cc2cc(c1Cl)N(C)C(=O)C[C@H](OC(=O)C(C)C)[C@H]1O[C@H]1[C@H](C)[C@H]1C[C@@](OC)(NC(=O)O1)[C@H](OC)/C=C/C=C(\C)C2. The van der Waals surface area contributed by atoms with Crippen LogP contribution in [0.1, 0.15) is 46.1 Å². The molecule has 0 saturated carbocycles. The van der Waals surface area contributed by atoms with Crippen molar-refractivity contribution in [1.82, 2.24) is 5.32 Å². The Morgan fingerprint density at radius 3 is 2.55 bits per heavy atom. The lowest BCUT2D eigenvalue weighted by Gasteiger charge is -2.44. The molecular weight excluding hydrogens is 592 g/mol. The topological polar surface area (TPSA) is 125 Å². The lowest BCUT2D eigenvalue weighted by atomic mass is 9.87. The molecule has 2 saturated heterocycles. The summed E-state index contributed by atoms with van der Waals surface area (Å²) >= 11 is 6.68. The van der Waals surface area contributed by atoms with E-state index in [4.69, 9.17) is 40.0 Å². The molecule has 3 aliphatic rings. The van der Waals surface area contributed by atoms with Crippen molar-refractivity contribution < 1.29 is 42.8 Å². The average Bonchev–Trinajstić information content (AvgIpc) is 3.79. The Kier molecular flexibility index (Phi) is 10.7. The second-order valence-corrected chi connectivity index (χ2v) is 12.3. The van der Waals surface area contributed by atoms with Gasteiger partial charge in [-0.05, 0) is 31.0 Å². The van der Waals surface area contributed by atoms with Crippen LogP contribution in [0.2, 0.25) is 5.02 Å². The zero-order valence-electron chi connectivity index (χ0n) is 26.5. The van der Waals surface area contributed by atoms with Crippen LogP contribution in [0.3, 0.4) is 0 Å². The number of alkyl carbamates (subject to hydrolysis) is 1. The minimum atomic E-state index is -1.21. The van der Waals surface area contributed by atoms with E-state index >= 15 is 0 Å². The Balaban J connectivity index is 1.78. The summed E-state index contributed by atoms with van der Waals surface area (Å²) < 4.78 is 34.8. The second-order valence-electron chi connectivity index (χ2n) is 11.9. The van der Waals surface area contributed by atoms with E-state index < -0.39 is 54.2 Å². The highest BCUT2D eigenvalue weighted by Gasteiger charge is 2.56.